The Balaban J connectivity index is 2.24. The Morgan fingerprint density at radius 1 is 1.08 bits per heavy atom. The second-order valence-electron chi connectivity index (χ2n) is 5.29. The predicted molar refractivity (Wildman–Crippen MR) is 94.7 cm³/mol. The molecule has 2 aromatic carbocycles. The SMILES string of the molecule is CCN(CC)C(=O)c1cccc(NC(=O)c2ccccc2[N+](=O)[O-])c1. The molecule has 0 fully saturated rings. The molecule has 0 unspecified atom stereocenters. The van der Waals surface area contributed by atoms with Crippen molar-refractivity contribution in [1.29, 1.82) is 0 Å². The fourth-order valence-electron chi connectivity index (χ4n) is 2.45. The molecule has 0 spiro atoms. The molecule has 2 amide bonds. The lowest BCUT2D eigenvalue weighted by molar-refractivity contribution is -0.385. The smallest absolute Gasteiger partial charge is 0.282 e. The van der Waals surface area contributed by atoms with Crippen molar-refractivity contribution < 1.29 is 14.5 Å². The number of para-hydroxylation sites is 1. The summed E-state index contributed by atoms with van der Waals surface area (Å²) in [6.45, 7) is 4.95. The number of hydrogen-bond donors (Lipinski definition) is 1. The molecule has 0 radical (unpaired) electrons. The highest BCUT2D eigenvalue weighted by Gasteiger charge is 2.20. The fourth-order valence-corrected chi connectivity index (χ4v) is 2.45. The average Bonchev–Trinajstić information content (AvgIpc) is 2.62. The minimum Gasteiger partial charge on any atom is -0.339 e. The summed E-state index contributed by atoms with van der Waals surface area (Å²) >= 11 is 0. The number of benzene rings is 2. The summed E-state index contributed by atoms with van der Waals surface area (Å²) in [5.41, 5.74) is 0.550. The van der Waals surface area contributed by atoms with Crippen LogP contribution in [0, 0.1) is 10.1 Å². The molecule has 0 saturated heterocycles. The van der Waals surface area contributed by atoms with Crippen molar-refractivity contribution >= 4 is 23.2 Å². The van der Waals surface area contributed by atoms with Crippen LogP contribution in [0.4, 0.5) is 11.4 Å². The van der Waals surface area contributed by atoms with Crippen molar-refractivity contribution in [3.63, 3.8) is 0 Å². The molecule has 2 aromatic rings. The minimum absolute atomic E-state index is 0.0343. The highest BCUT2D eigenvalue weighted by molar-refractivity contribution is 6.07. The van der Waals surface area contributed by atoms with Gasteiger partial charge in [0.1, 0.15) is 5.56 Å². The normalized spacial score (nSPS) is 10.2. The first-order chi connectivity index (χ1) is 12.0. The molecule has 25 heavy (non-hydrogen) atoms. The van der Waals surface area contributed by atoms with E-state index in [-0.39, 0.29) is 17.2 Å². The lowest BCUT2D eigenvalue weighted by Crippen LogP contribution is -2.30. The molecule has 0 aliphatic rings. The Hall–Kier alpha value is -3.22. The number of hydrogen-bond acceptors (Lipinski definition) is 4. The number of carbonyl (C=O) groups excluding carboxylic acids is 2. The van der Waals surface area contributed by atoms with Gasteiger partial charge in [0.25, 0.3) is 17.5 Å². The van der Waals surface area contributed by atoms with E-state index in [2.05, 4.69) is 5.32 Å². The van der Waals surface area contributed by atoms with Crippen LogP contribution < -0.4 is 5.32 Å². The fraction of sp³-hybridized carbons (Fsp3) is 0.222. The number of anilines is 1. The van der Waals surface area contributed by atoms with Crippen molar-refractivity contribution in [3.05, 3.63) is 69.8 Å². The number of nitro groups is 1. The molecule has 1 N–H and O–H groups in total. The van der Waals surface area contributed by atoms with Crippen LogP contribution in [0.25, 0.3) is 0 Å². The van der Waals surface area contributed by atoms with Crippen molar-refractivity contribution in [2.45, 2.75) is 13.8 Å². The highest BCUT2D eigenvalue weighted by Crippen LogP contribution is 2.20. The Bertz CT molecular complexity index is 800. The van der Waals surface area contributed by atoms with E-state index >= 15 is 0 Å². The van der Waals surface area contributed by atoms with Crippen molar-refractivity contribution in [1.82, 2.24) is 4.90 Å². The summed E-state index contributed by atoms with van der Waals surface area (Å²) in [4.78, 5) is 36.8. The standard InChI is InChI=1S/C18H19N3O4/c1-3-20(4-2)18(23)13-8-7-9-14(12-13)19-17(22)15-10-5-6-11-16(15)21(24)25/h5-12H,3-4H2,1-2H3,(H,19,22). The van der Waals surface area contributed by atoms with E-state index in [1.54, 1.807) is 35.2 Å². The summed E-state index contributed by atoms with van der Waals surface area (Å²) in [6.07, 6.45) is 0. The van der Waals surface area contributed by atoms with Crippen LogP contribution in [0.2, 0.25) is 0 Å². The highest BCUT2D eigenvalue weighted by atomic mass is 16.6. The Kier molecular flexibility index (Phi) is 5.84. The number of nitrogens with one attached hydrogen (secondary N) is 1. The molecular formula is C18H19N3O4. The first-order valence-electron chi connectivity index (χ1n) is 7.92. The van der Waals surface area contributed by atoms with Gasteiger partial charge >= 0.3 is 0 Å². The van der Waals surface area contributed by atoms with Crippen LogP contribution in [0.15, 0.2) is 48.5 Å². The van der Waals surface area contributed by atoms with Crippen molar-refractivity contribution in [3.8, 4) is 0 Å². The molecule has 0 atom stereocenters. The Morgan fingerprint density at radius 3 is 2.40 bits per heavy atom. The molecular weight excluding hydrogens is 322 g/mol. The topological polar surface area (TPSA) is 92.6 Å². The van der Waals surface area contributed by atoms with Gasteiger partial charge in [-0.1, -0.05) is 18.2 Å². The predicted octanol–water partition coefficient (Wildman–Crippen LogP) is 3.33. The monoisotopic (exact) mass is 341 g/mol. The second kappa shape index (κ2) is 8.05. The molecule has 2 rings (SSSR count). The van der Waals surface area contributed by atoms with Crippen molar-refractivity contribution in [2.75, 3.05) is 18.4 Å². The molecule has 0 heterocycles. The summed E-state index contributed by atoms with van der Waals surface area (Å²) in [5, 5.41) is 13.6. The number of carbonyl (C=O) groups is 2. The molecule has 0 aliphatic heterocycles. The van der Waals surface area contributed by atoms with Gasteiger partial charge in [-0.3, -0.25) is 19.7 Å². The first-order valence-corrected chi connectivity index (χ1v) is 7.92. The van der Waals surface area contributed by atoms with Gasteiger partial charge in [0.05, 0.1) is 4.92 Å². The summed E-state index contributed by atoms with van der Waals surface area (Å²) in [6, 6.07) is 12.2. The van der Waals surface area contributed by atoms with Gasteiger partial charge in [0, 0.05) is 30.4 Å². The summed E-state index contributed by atoms with van der Waals surface area (Å²) in [7, 11) is 0. The van der Waals surface area contributed by atoms with Gasteiger partial charge in [0.15, 0.2) is 0 Å². The van der Waals surface area contributed by atoms with Crippen LogP contribution in [0.1, 0.15) is 34.6 Å². The van der Waals surface area contributed by atoms with Gasteiger partial charge < -0.3 is 10.2 Å². The van der Waals surface area contributed by atoms with Crippen LogP contribution in [-0.4, -0.2) is 34.7 Å². The second-order valence-corrected chi connectivity index (χ2v) is 5.29. The molecule has 7 nitrogen and oxygen atoms in total. The number of amides is 2. The van der Waals surface area contributed by atoms with Crippen LogP contribution in [0.5, 0.6) is 0 Å². The maximum Gasteiger partial charge on any atom is 0.282 e. The molecule has 7 heteroatoms. The van der Waals surface area contributed by atoms with E-state index < -0.39 is 10.8 Å². The van der Waals surface area contributed by atoms with Gasteiger partial charge in [-0.05, 0) is 38.1 Å². The van der Waals surface area contributed by atoms with E-state index in [4.69, 9.17) is 0 Å². The van der Waals surface area contributed by atoms with E-state index in [0.717, 1.165) is 0 Å². The zero-order valence-corrected chi connectivity index (χ0v) is 14.1. The average molecular weight is 341 g/mol. The minimum atomic E-state index is -0.602. The lowest BCUT2D eigenvalue weighted by Gasteiger charge is -2.19. The number of nitrogens with zero attached hydrogens (tertiary/aromatic N) is 2. The zero-order valence-electron chi connectivity index (χ0n) is 14.1. The number of nitro benzene ring substituents is 1. The molecule has 130 valence electrons. The Morgan fingerprint density at radius 2 is 1.76 bits per heavy atom. The molecule has 0 bridgehead atoms. The molecule has 0 aromatic heterocycles. The van der Waals surface area contributed by atoms with Crippen LogP contribution >= 0.6 is 0 Å². The van der Waals surface area contributed by atoms with Crippen molar-refractivity contribution in [2.24, 2.45) is 0 Å². The van der Waals surface area contributed by atoms with Crippen LogP contribution in [-0.2, 0) is 0 Å². The quantitative estimate of drug-likeness (QED) is 0.644. The van der Waals surface area contributed by atoms with E-state index in [0.29, 0.717) is 24.3 Å². The van der Waals surface area contributed by atoms with Gasteiger partial charge in [-0.25, -0.2) is 0 Å². The van der Waals surface area contributed by atoms with Crippen LogP contribution in [0.3, 0.4) is 0 Å². The third kappa shape index (κ3) is 4.20. The molecule has 0 aliphatic carbocycles. The number of rotatable bonds is 6. The van der Waals surface area contributed by atoms with Gasteiger partial charge in [-0.15, -0.1) is 0 Å². The van der Waals surface area contributed by atoms with E-state index in [9.17, 15) is 19.7 Å². The largest absolute Gasteiger partial charge is 0.339 e. The van der Waals surface area contributed by atoms with Gasteiger partial charge in [0.2, 0.25) is 0 Å². The van der Waals surface area contributed by atoms with E-state index in [1.807, 2.05) is 13.8 Å². The Labute approximate surface area is 145 Å². The third-order valence-electron chi connectivity index (χ3n) is 3.76. The summed E-state index contributed by atoms with van der Waals surface area (Å²) < 4.78 is 0. The zero-order chi connectivity index (χ0) is 18.4. The maximum absolute atomic E-state index is 12.4. The lowest BCUT2D eigenvalue weighted by atomic mass is 10.1. The summed E-state index contributed by atoms with van der Waals surface area (Å²) in [5.74, 6) is -0.730. The van der Waals surface area contributed by atoms with E-state index in [1.165, 1.54) is 18.2 Å². The van der Waals surface area contributed by atoms with Gasteiger partial charge in [-0.2, -0.15) is 0 Å². The molecule has 0 saturated carbocycles. The third-order valence-corrected chi connectivity index (χ3v) is 3.76. The maximum atomic E-state index is 12.4. The first kappa shape index (κ1) is 18.1.